The van der Waals surface area contributed by atoms with Crippen LogP contribution >= 0.6 is 0 Å². The van der Waals surface area contributed by atoms with E-state index in [0.717, 1.165) is 11.4 Å². The van der Waals surface area contributed by atoms with Gasteiger partial charge in [0.05, 0.1) is 44.1 Å². The summed E-state index contributed by atoms with van der Waals surface area (Å²) in [6.07, 6.45) is 0. The standard InChI is InChI=1S/C54H34N2.C52H32N2/c1-2-12-39(13-3-1)55-51-20-10-8-18-46(51)49-33-37(25-30-53(49)55)38-26-31-54-50(34-38)47-19-9-11-21-52(47)56(54)40-27-22-35(23-28-40)36-24-29-45-43-16-5-4-14-41(43)42-15-6-7-17-44(42)48(45)32-36;1-2-13-36(14-3-1)53-48-22-8-6-18-41(48)46-31-33(24-28-50(46)53)34-25-29-51-47(32-34)42-19-7-9-23-49(42)54(51)37-15-10-12-35(30-37)38-26-27-45-40-17-5-4-16-39(40)44-21-11-20-43(38)52(44)45/h1-34H;1-32H. The van der Waals surface area contributed by atoms with Gasteiger partial charge in [0.25, 0.3) is 0 Å². The topological polar surface area (TPSA) is 19.7 Å². The number of benzene rings is 19. The van der Waals surface area contributed by atoms with Crippen molar-refractivity contribution in [3.8, 4) is 89.5 Å². The lowest BCUT2D eigenvalue weighted by atomic mass is 9.92. The molecule has 0 bridgehead atoms. The molecule has 4 heterocycles. The zero-order valence-corrected chi connectivity index (χ0v) is 59.9. The van der Waals surface area contributed by atoms with Gasteiger partial charge in [-0.3, -0.25) is 0 Å². The summed E-state index contributed by atoms with van der Waals surface area (Å²) in [6, 6.07) is 147. The Labute approximate surface area is 634 Å². The molecule has 0 atom stereocenters. The van der Waals surface area contributed by atoms with Crippen molar-refractivity contribution >= 4 is 130 Å². The maximum atomic E-state index is 2.44. The van der Waals surface area contributed by atoms with E-state index in [4.69, 9.17) is 0 Å². The Morgan fingerprint density at radius 1 is 0.118 bits per heavy atom. The van der Waals surface area contributed by atoms with E-state index in [1.54, 1.807) is 0 Å². The quantitative estimate of drug-likeness (QED) is 0.135. The predicted molar refractivity (Wildman–Crippen MR) is 466 cm³/mol. The SMILES string of the molecule is c1ccc(-n2c3ccccc3c3cc(-c4ccc5c(c4)c4ccccc4n5-c4ccc(-c5ccc6c7ccccc7c7ccccc7c6c5)cc4)ccc32)cc1.c1ccc(-n2c3ccccc3c3cc(-c4ccc5c(c4)c4ccccc4n5-c4cccc(-c5ccc6c7c(cccc57)-c5ccccc5-6)c4)ccc32)cc1. The summed E-state index contributed by atoms with van der Waals surface area (Å²) in [6.45, 7) is 0. The van der Waals surface area contributed by atoms with Gasteiger partial charge in [-0.05, 0) is 237 Å². The normalized spacial score (nSPS) is 12.0. The fraction of sp³-hybridized carbons (Fsp3) is 0. The van der Waals surface area contributed by atoms with Gasteiger partial charge in [-0.2, -0.15) is 0 Å². The zero-order chi connectivity index (χ0) is 72.1. The van der Waals surface area contributed by atoms with Crippen LogP contribution in [0.4, 0.5) is 0 Å². The second-order valence-corrected chi connectivity index (χ2v) is 29.4. The number of rotatable bonds is 8. The summed E-state index contributed by atoms with van der Waals surface area (Å²) in [7, 11) is 0. The number of nitrogens with zero attached hydrogens (tertiary/aromatic N) is 4. The molecule has 4 nitrogen and oxygen atoms in total. The molecule has 0 N–H and O–H groups in total. The summed E-state index contributed by atoms with van der Waals surface area (Å²) in [4.78, 5) is 0. The van der Waals surface area contributed by atoms with Crippen LogP contribution in [0.3, 0.4) is 0 Å². The van der Waals surface area contributed by atoms with Crippen LogP contribution in [0.15, 0.2) is 400 Å². The van der Waals surface area contributed by atoms with E-state index in [0.29, 0.717) is 0 Å². The molecule has 0 spiro atoms. The van der Waals surface area contributed by atoms with E-state index in [2.05, 4.69) is 419 Å². The molecule has 1 aliphatic rings. The van der Waals surface area contributed by atoms with Crippen LogP contribution in [0.5, 0.6) is 0 Å². The minimum absolute atomic E-state index is 1.15. The van der Waals surface area contributed by atoms with E-state index in [-0.39, 0.29) is 0 Å². The van der Waals surface area contributed by atoms with Gasteiger partial charge in [0.2, 0.25) is 0 Å². The average molecular weight is 1400 g/mol. The monoisotopic (exact) mass is 1390 g/mol. The lowest BCUT2D eigenvalue weighted by Gasteiger charge is -2.13. The molecule has 19 aromatic carbocycles. The Hall–Kier alpha value is -14.6. The van der Waals surface area contributed by atoms with Crippen molar-refractivity contribution < 1.29 is 0 Å². The van der Waals surface area contributed by atoms with Crippen LogP contribution in [0, 0.1) is 0 Å². The molecule has 0 radical (unpaired) electrons. The molecule has 0 amide bonds. The van der Waals surface area contributed by atoms with Crippen LogP contribution in [0.2, 0.25) is 0 Å². The first-order chi connectivity index (χ1) is 54.6. The molecule has 23 aromatic rings. The highest BCUT2D eigenvalue weighted by molar-refractivity contribution is 6.26. The Bertz CT molecular complexity index is 7690. The number of aromatic nitrogens is 4. The second-order valence-electron chi connectivity index (χ2n) is 29.4. The first-order valence-corrected chi connectivity index (χ1v) is 38.0. The van der Waals surface area contributed by atoms with Crippen molar-refractivity contribution in [1.29, 1.82) is 0 Å². The molecule has 110 heavy (non-hydrogen) atoms. The summed E-state index contributed by atoms with van der Waals surface area (Å²) in [5.74, 6) is 0. The molecule has 0 saturated carbocycles. The third-order valence-corrected chi connectivity index (χ3v) is 23.6. The van der Waals surface area contributed by atoms with E-state index in [1.165, 1.54) is 208 Å². The summed E-state index contributed by atoms with van der Waals surface area (Å²) >= 11 is 0. The van der Waals surface area contributed by atoms with Gasteiger partial charge < -0.3 is 18.3 Å². The Kier molecular flexibility index (Phi) is 13.7. The largest absolute Gasteiger partial charge is 0.309 e. The average Bonchev–Trinajstić information content (AvgIpc) is 1.41. The van der Waals surface area contributed by atoms with E-state index in [9.17, 15) is 0 Å². The summed E-state index contributed by atoms with van der Waals surface area (Å²) in [5, 5.41) is 20.5. The molecular formula is C106H66N4. The van der Waals surface area contributed by atoms with Crippen LogP contribution in [-0.2, 0) is 0 Å². The van der Waals surface area contributed by atoms with E-state index < -0.39 is 0 Å². The van der Waals surface area contributed by atoms with Crippen LogP contribution in [0.25, 0.3) is 220 Å². The first-order valence-electron chi connectivity index (χ1n) is 38.0. The third-order valence-electron chi connectivity index (χ3n) is 23.6. The fourth-order valence-electron chi connectivity index (χ4n) is 18.6. The molecule has 0 aliphatic heterocycles. The van der Waals surface area contributed by atoms with E-state index >= 15 is 0 Å². The number of hydrogen-bond acceptors (Lipinski definition) is 0. The van der Waals surface area contributed by atoms with Crippen LogP contribution in [0.1, 0.15) is 0 Å². The molecule has 0 saturated heterocycles. The summed E-state index contributed by atoms with van der Waals surface area (Å²) < 4.78 is 9.60. The Morgan fingerprint density at radius 2 is 0.400 bits per heavy atom. The van der Waals surface area contributed by atoms with Crippen molar-refractivity contribution in [2.24, 2.45) is 0 Å². The highest BCUT2D eigenvalue weighted by Crippen LogP contribution is 2.50. The molecule has 24 rings (SSSR count). The number of fused-ring (bicyclic) bond motifs is 21. The van der Waals surface area contributed by atoms with Gasteiger partial charge in [0, 0.05) is 65.8 Å². The van der Waals surface area contributed by atoms with Gasteiger partial charge in [-0.25, -0.2) is 0 Å². The maximum Gasteiger partial charge on any atom is 0.0541 e. The van der Waals surface area contributed by atoms with Gasteiger partial charge in [-0.15, -0.1) is 0 Å². The fourth-order valence-corrected chi connectivity index (χ4v) is 18.6. The van der Waals surface area contributed by atoms with Crippen molar-refractivity contribution in [2.45, 2.75) is 0 Å². The lowest BCUT2D eigenvalue weighted by Crippen LogP contribution is -1.94. The number of para-hydroxylation sites is 6. The van der Waals surface area contributed by atoms with Gasteiger partial charge in [0.1, 0.15) is 0 Å². The highest BCUT2D eigenvalue weighted by Gasteiger charge is 2.25. The molecule has 510 valence electrons. The second kappa shape index (κ2) is 24.5. The molecule has 4 heteroatoms. The van der Waals surface area contributed by atoms with Gasteiger partial charge >= 0.3 is 0 Å². The van der Waals surface area contributed by atoms with Gasteiger partial charge in [-0.1, -0.05) is 273 Å². The number of hydrogen-bond donors (Lipinski definition) is 0. The highest BCUT2D eigenvalue weighted by atomic mass is 15.0. The zero-order valence-electron chi connectivity index (χ0n) is 59.9. The molecule has 1 aliphatic carbocycles. The Morgan fingerprint density at radius 3 is 0.855 bits per heavy atom. The maximum absolute atomic E-state index is 2.44. The van der Waals surface area contributed by atoms with Crippen LogP contribution < -0.4 is 0 Å². The van der Waals surface area contributed by atoms with Crippen molar-refractivity contribution in [3.63, 3.8) is 0 Å². The van der Waals surface area contributed by atoms with Crippen molar-refractivity contribution in [2.75, 3.05) is 0 Å². The third kappa shape index (κ3) is 9.46. The van der Waals surface area contributed by atoms with E-state index in [1.807, 2.05) is 0 Å². The van der Waals surface area contributed by atoms with Crippen LogP contribution in [-0.4, -0.2) is 18.3 Å². The molecule has 0 unspecified atom stereocenters. The molecule has 4 aromatic heterocycles. The van der Waals surface area contributed by atoms with Gasteiger partial charge in [0.15, 0.2) is 0 Å². The Balaban J connectivity index is 0.000000132. The minimum Gasteiger partial charge on any atom is -0.309 e. The molecule has 0 fully saturated rings. The smallest absolute Gasteiger partial charge is 0.0541 e. The van der Waals surface area contributed by atoms with Crippen molar-refractivity contribution in [3.05, 3.63) is 400 Å². The lowest BCUT2D eigenvalue weighted by molar-refractivity contribution is 1.18. The minimum atomic E-state index is 1.15. The summed E-state index contributed by atoms with van der Waals surface area (Å²) in [5.41, 5.74) is 29.4. The van der Waals surface area contributed by atoms with Crippen molar-refractivity contribution in [1.82, 2.24) is 18.3 Å². The predicted octanol–water partition coefficient (Wildman–Crippen LogP) is 28.7. The molecular weight excluding hydrogens is 1330 g/mol. The first kappa shape index (κ1) is 61.7.